The molecule has 0 spiro atoms. The van der Waals surface area contributed by atoms with Crippen molar-refractivity contribution < 1.29 is 4.79 Å². The average molecular weight is 274 g/mol. The summed E-state index contributed by atoms with van der Waals surface area (Å²) in [4.78, 5) is 21.2. The molecule has 0 aromatic carbocycles. The first-order chi connectivity index (χ1) is 9.69. The molecule has 1 unspecified atom stereocenters. The number of anilines is 1. The van der Waals surface area contributed by atoms with Gasteiger partial charge in [0.2, 0.25) is 5.91 Å². The summed E-state index contributed by atoms with van der Waals surface area (Å²) in [7, 11) is 0. The molecular weight excluding hydrogens is 252 g/mol. The Morgan fingerprint density at radius 1 is 1.30 bits per heavy atom. The van der Waals surface area contributed by atoms with Crippen molar-refractivity contribution in [2.75, 3.05) is 37.6 Å². The van der Waals surface area contributed by atoms with Gasteiger partial charge in [-0.25, -0.2) is 4.98 Å². The number of amides is 1. The number of nitrogens with zero attached hydrogens (tertiary/aromatic N) is 3. The first-order valence-corrected chi connectivity index (χ1v) is 7.39. The number of hydrogen-bond acceptors (Lipinski definition) is 4. The van der Waals surface area contributed by atoms with E-state index in [0.29, 0.717) is 0 Å². The number of rotatable bonds is 2. The van der Waals surface area contributed by atoms with Crippen molar-refractivity contribution >= 4 is 11.7 Å². The van der Waals surface area contributed by atoms with Crippen molar-refractivity contribution in [1.29, 1.82) is 0 Å². The average Bonchev–Trinajstić information content (AvgIpc) is 2.96. The zero-order valence-corrected chi connectivity index (χ0v) is 12.0. The van der Waals surface area contributed by atoms with Crippen LogP contribution in [0, 0.1) is 0 Å². The van der Waals surface area contributed by atoms with E-state index in [1.54, 1.807) is 0 Å². The number of hydrogen-bond donors (Lipinski definition) is 1. The molecule has 5 heteroatoms. The molecular formula is C15H22N4O. The summed E-state index contributed by atoms with van der Waals surface area (Å²) in [6, 6.07) is 5.95. The molecule has 3 heterocycles. The Labute approximate surface area is 120 Å². The first-order valence-electron chi connectivity index (χ1n) is 7.39. The predicted molar refractivity (Wildman–Crippen MR) is 78.7 cm³/mol. The van der Waals surface area contributed by atoms with Crippen LogP contribution in [0.15, 0.2) is 24.4 Å². The molecule has 1 aromatic heterocycles. The van der Waals surface area contributed by atoms with Gasteiger partial charge in [-0.3, -0.25) is 4.79 Å². The number of nitrogens with one attached hydrogen (secondary N) is 1. The van der Waals surface area contributed by atoms with Gasteiger partial charge in [0.25, 0.3) is 0 Å². The summed E-state index contributed by atoms with van der Waals surface area (Å²) in [6.45, 7) is 6.28. The van der Waals surface area contributed by atoms with Crippen molar-refractivity contribution in [3.8, 4) is 0 Å². The van der Waals surface area contributed by atoms with Gasteiger partial charge in [-0.1, -0.05) is 6.07 Å². The fourth-order valence-corrected chi connectivity index (χ4v) is 3.11. The third kappa shape index (κ3) is 2.50. The van der Waals surface area contributed by atoms with E-state index in [9.17, 15) is 4.79 Å². The molecule has 0 radical (unpaired) electrons. The SMILES string of the molecule is CC1(C(=O)N2CCN(c3ccccn3)CC2)CCCN1. The van der Waals surface area contributed by atoms with Crippen molar-refractivity contribution in [2.45, 2.75) is 25.3 Å². The Kier molecular flexibility index (Phi) is 3.61. The normalized spacial score (nSPS) is 26.9. The largest absolute Gasteiger partial charge is 0.353 e. The molecule has 0 bridgehead atoms. The summed E-state index contributed by atoms with van der Waals surface area (Å²) in [5, 5.41) is 3.36. The number of piperazine rings is 1. The molecule has 1 aromatic rings. The maximum atomic E-state index is 12.6. The molecule has 2 saturated heterocycles. The summed E-state index contributed by atoms with van der Waals surface area (Å²) < 4.78 is 0. The van der Waals surface area contributed by atoms with Gasteiger partial charge in [0.1, 0.15) is 5.82 Å². The first kappa shape index (κ1) is 13.4. The van der Waals surface area contributed by atoms with Gasteiger partial charge >= 0.3 is 0 Å². The van der Waals surface area contributed by atoms with E-state index in [1.165, 1.54) is 0 Å². The fraction of sp³-hybridized carbons (Fsp3) is 0.600. The van der Waals surface area contributed by atoms with Gasteiger partial charge in [0.05, 0.1) is 5.54 Å². The third-order valence-corrected chi connectivity index (χ3v) is 4.38. The van der Waals surface area contributed by atoms with E-state index in [2.05, 4.69) is 15.2 Å². The standard InChI is InChI=1S/C15H22N4O/c1-15(6-4-8-17-15)14(20)19-11-9-18(10-12-19)13-5-2-3-7-16-13/h2-3,5,7,17H,4,6,8-12H2,1H3. The smallest absolute Gasteiger partial charge is 0.242 e. The van der Waals surface area contributed by atoms with Crippen LogP contribution < -0.4 is 10.2 Å². The predicted octanol–water partition coefficient (Wildman–Crippen LogP) is 0.872. The van der Waals surface area contributed by atoms with E-state index < -0.39 is 0 Å². The van der Waals surface area contributed by atoms with Crippen LogP contribution in [0.25, 0.3) is 0 Å². The van der Waals surface area contributed by atoms with Crippen LogP contribution in [-0.4, -0.2) is 54.1 Å². The third-order valence-electron chi connectivity index (χ3n) is 4.38. The van der Waals surface area contributed by atoms with E-state index >= 15 is 0 Å². The molecule has 1 atom stereocenters. The Morgan fingerprint density at radius 2 is 2.10 bits per heavy atom. The second kappa shape index (κ2) is 5.40. The zero-order chi connectivity index (χ0) is 14.0. The van der Waals surface area contributed by atoms with Crippen molar-refractivity contribution in [3.63, 3.8) is 0 Å². The maximum absolute atomic E-state index is 12.6. The lowest BCUT2D eigenvalue weighted by Crippen LogP contribution is -2.58. The second-order valence-corrected chi connectivity index (χ2v) is 5.83. The Balaban J connectivity index is 1.60. The molecule has 108 valence electrons. The van der Waals surface area contributed by atoms with Gasteiger partial charge in [0, 0.05) is 32.4 Å². The van der Waals surface area contributed by atoms with Gasteiger partial charge < -0.3 is 15.1 Å². The summed E-state index contributed by atoms with van der Waals surface area (Å²) in [5.74, 6) is 1.26. The molecule has 5 nitrogen and oxygen atoms in total. The van der Waals surface area contributed by atoms with Crippen LogP contribution in [0.2, 0.25) is 0 Å². The lowest BCUT2D eigenvalue weighted by Gasteiger charge is -2.39. The number of carbonyl (C=O) groups is 1. The van der Waals surface area contributed by atoms with E-state index in [-0.39, 0.29) is 11.4 Å². The van der Waals surface area contributed by atoms with Crippen molar-refractivity contribution in [2.24, 2.45) is 0 Å². The summed E-state index contributed by atoms with van der Waals surface area (Å²) in [5.41, 5.74) is -0.340. The highest BCUT2D eigenvalue weighted by molar-refractivity contribution is 5.86. The minimum Gasteiger partial charge on any atom is -0.353 e. The highest BCUT2D eigenvalue weighted by Crippen LogP contribution is 2.22. The molecule has 1 amide bonds. The summed E-state index contributed by atoms with van der Waals surface area (Å²) in [6.07, 6.45) is 3.86. The molecule has 2 aliphatic rings. The zero-order valence-electron chi connectivity index (χ0n) is 12.0. The van der Waals surface area contributed by atoms with Crippen LogP contribution in [-0.2, 0) is 4.79 Å². The minimum atomic E-state index is -0.340. The van der Waals surface area contributed by atoms with Crippen LogP contribution in [0.5, 0.6) is 0 Å². The fourth-order valence-electron chi connectivity index (χ4n) is 3.11. The Bertz CT molecular complexity index is 462. The van der Waals surface area contributed by atoms with Gasteiger partial charge in [-0.2, -0.15) is 0 Å². The number of carbonyl (C=O) groups excluding carboxylic acids is 1. The lowest BCUT2D eigenvalue weighted by molar-refractivity contribution is -0.137. The quantitative estimate of drug-likeness (QED) is 0.869. The number of pyridine rings is 1. The van der Waals surface area contributed by atoms with Crippen molar-refractivity contribution in [1.82, 2.24) is 15.2 Å². The number of aromatic nitrogens is 1. The van der Waals surface area contributed by atoms with E-state index in [1.807, 2.05) is 36.2 Å². The summed E-state index contributed by atoms with van der Waals surface area (Å²) >= 11 is 0. The monoisotopic (exact) mass is 274 g/mol. The van der Waals surface area contributed by atoms with Crippen molar-refractivity contribution in [3.05, 3.63) is 24.4 Å². The van der Waals surface area contributed by atoms with Gasteiger partial charge in [0.15, 0.2) is 0 Å². The molecule has 20 heavy (non-hydrogen) atoms. The highest BCUT2D eigenvalue weighted by atomic mass is 16.2. The van der Waals surface area contributed by atoms with Crippen LogP contribution in [0.1, 0.15) is 19.8 Å². The Morgan fingerprint density at radius 3 is 2.70 bits per heavy atom. The topological polar surface area (TPSA) is 48.5 Å². The van der Waals surface area contributed by atoms with Crippen LogP contribution >= 0.6 is 0 Å². The van der Waals surface area contributed by atoms with E-state index in [0.717, 1.165) is 51.4 Å². The highest BCUT2D eigenvalue weighted by Gasteiger charge is 2.39. The lowest BCUT2D eigenvalue weighted by atomic mass is 9.98. The Hall–Kier alpha value is -1.62. The maximum Gasteiger partial charge on any atom is 0.242 e. The molecule has 1 N–H and O–H groups in total. The minimum absolute atomic E-state index is 0.260. The van der Waals surface area contributed by atoms with Gasteiger partial charge in [-0.05, 0) is 38.4 Å². The molecule has 2 aliphatic heterocycles. The molecule has 2 fully saturated rings. The van der Waals surface area contributed by atoms with Crippen LogP contribution in [0.3, 0.4) is 0 Å². The van der Waals surface area contributed by atoms with E-state index in [4.69, 9.17) is 0 Å². The second-order valence-electron chi connectivity index (χ2n) is 5.83. The van der Waals surface area contributed by atoms with Gasteiger partial charge in [-0.15, -0.1) is 0 Å². The molecule has 0 saturated carbocycles. The molecule has 0 aliphatic carbocycles. The molecule has 3 rings (SSSR count). The van der Waals surface area contributed by atoms with Crippen LogP contribution in [0.4, 0.5) is 5.82 Å².